The summed E-state index contributed by atoms with van der Waals surface area (Å²) >= 11 is 0. The second-order valence-electron chi connectivity index (χ2n) is 24.6. The van der Waals surface area contributed by atoms with E-state index in [1.54, 1.807) is 0 Å². The van der Waals surface area contributed by atoms with Gasteiger partial charge in [-0.3, -0.25) is 42.5 Å². The Morgan fingerprint density at radius 1 is 0.250 bits per heavy atom. The average molecular weight is 1010 g/mol. The quantitative estimate of drug-likeness (QED) is 0.0443. The lowest BCUT2D eigenvalue weighted by atomic mass is 9.70. The summed E-state index contributed by atoms with van der Waals surface area (Å²) in [5, 5.41) is 35.3. The smallest absolute Gasteiger partial charge is 0.0654 e. The molecule has 0 amide bonds. The van der Waals surface area contributed by atoms with E-state index in [1.807, 2.05) is 0 Å². The van der Waals surface area contributed by atoms with Crippen molar-refractivity contribution in [2.75, 3.05) is 39.6 Å². The summed E-state index contributed by atoms with van der Waals surface area (Å²) < 4.78 is 42.4. The van der Waals surface area contributed by atoms with Crippen LogP contribution >= 0.6 is 0 Å². The molecule has 5 saturated heterocycles. The number of unbranched alkanes of at least 4 members (excludes halogenated alkanes) is 6. The molecule has 0 radical (unpaired) electrons. The molecule has 24 unspecified atom stereocenters. The van der Waals surface area contributed by atoms with Crippen LogP contribution in [0.1, 0.15) is 184 Å². The summed E-state index contributed by atoms with van der Waals surface area (Å²) in [5.74, 6) is 3.36. The van der Waals surface area contributed by atoms with Crippen LogP contribution in [0.2, 0.25) is 0 Å². The van der Waals surface area contributed by atoms with Crippen LogP contribution < -0.4 is 42.5 Å². The van der Waals surface area contributed by atoms with Gasteiger partial charge in [0.15, 0.2) is 0 Å². The highest BCUT2D eigenvalue weighted by Gasteiger charge is 2.62. The summed E-state index contributed by atoms with van der Waals surface area (Å²) in [4.78, 5) is 0. The van der Waals surface area contributed by atoms with Gasteiger partial charge in [0.05, 0.1) is 86.0 Å². The zero-order chi connectivity index (χ0) is 50.1. The average Bonchev–Trinajstić information content (AvgIpc) is 4.14. The first-order valence-electron chi connectivity index (χ1n) is 31.1. The van der Waals surface area contributed by atoms with Crippen molar-refractivity contribution in [2.24, 2.45) is 59.2 Å². The highest BCUT2D eigenvalue weighted by molar-refractivity contribution is 5.14. The molecule has 0 aromatic rings. The first-order chi connectivity index (χ1) is 35.3. The standard InChI is InChI=1S/C58H108N8O6/c1-9-15-29-67-37-23-21-35(7)43-45(37)53-59-51(43)61-55-47-39(69-31-17-11-3)25-26-40(70-32-18-12-4)48(47)56(65-55)62-52-44-36(8)22-24-38(68-30-16-10-2)46(44)54(60-52)64-58-50-42(72-34-20-14-6)28-27-41(71-33-19-13-5)49(50)57(63-53)66-58/h35-66H,9-34H2,1-8H3. The van der Waals surface area contributed by atoms with Crippen molar-refractivity contribution < 1.29 is 28.4 Å². The molecule has 14 heteroatoms. The normalized spacial score (nSPS) is 45.7. The molecule has 9 rings (SSSR count). The zero-order valence-electron chi connectivity index (χ0n) is 46.7. The van der Waals surface area contributed by atoms with Crippen LogP contribution in [0.4, 0.5) is 0 Å². The monoisotopic (exact) mass is 1010 g/mol. The van der Waals surface area contributed by atoms with Crippen LogP contribution in [0.15, 0.2) is 0 Å². The summed E-state index contributed by atoms with van der Waals surface area (Å²) in [6, 6.07) is 0. The molecule has 0 aromatic heterocycles. The fraction of sp³-hybridized carbons (Fsp3) is 1.00. The lowest BCUT2D eigenvalue weighted by molar-refractivity contribution is -0.105. The maximum Gasteiger partial charge on any atom is 0.0654 e. The predicted octanol–water partition coefficient (Wildman–Crippen LogP) is 7.87. The molecular weight excluding hydrogens is 905 g/mol. The van der Waals surface area contributed by atoms with Crippen molar-refractivity contribution in [1.29, 1.82) is 0 Å². The van der Waals surface area contributed by atoms with Crippen molar-refractivity contribution in [2.45, 2.75) is 270 Å². The van der Waals surface area contributed by atoms with E-state index >= 15 is 0 Å². The molecule has 9 aliphatic rings. The molecule has 8 bridgehead atoms. The largest absolute Gasteiger partial charge is 0.378 e. The maximum absolute atomic E-state index is 7.08. The number of hydrogen-bond acceptors (Lipinski definition) is 14. The van der Waals surface area contributed by atoms with Gasteiger partial charge in [0.25, 0.3) is 0 Å². The van der Waals surface area contributed by atoms with Crippen molar-refractivity contribution in [3.8, 4) is 0 Å². The first kappa shape index (κ1) is 56.2. The molecule has 5 aliphatic heterocycles. The molecule has 8 N–H and O–H groups in total. The summed E-state index contributed by atoms with van der Waals surface area (Å²) in [6.07, 6.45) is 23.3. The van der Waals surface area contributed by atoms with Crippen molar-refractivity contribution in [3.63, 3.8) is 0 Å². The Hall–Kier alpha value is -0.560. The Bertz CT molecular complexity index is 1480. The molecule has 14 nitrogen and oxygen atoms in total. The van der Waals surface area contributed by atoms with Crippen LogP contribution in [-0.2, 0) is 28.4 Å². The van der Waals surface area contributed by atoms with E-state index in [0.29, 0.717) is 35.5 Å². The molecule has 4 saturated carbocycles. The van der Waals surface area contributed by atoms with E-state index in [1.165, 1.54) is 12.8 Å². The lowest BCUT2D eigenvalue weighted by Crippen LogP contribution is -2.62. The lowest BCUT2D eigenvalue weighted by Gasteiger charge is -2.45. The summed E-state index contributed by atoms with van der Waals surface area (Å²) in [7, 11) is 0. The topological polar surface area (TPSA) is 152 Å². The number of nitrogens with one attached hydrogen (secondary N) is 8. The molecule has 9 fully saturated rings. The van der Waals surface area contributed by atoms with E-state index in [-0.39, 0.29) is 110 Å². The third-order valence-electron chi connectivity index (χ3n) is 19.9. The van der Waals surface area contributed by atoms with E-state index in [0.717, 1.165) is 155 Å². The molecular formula is C58H108N8O6. The maximum atomic E-state index is 7.08. The molecule has 5 heterocycles. The van der Waals surface area contributed by atoms with Gasteiger partial charge in [0.2, 0.25) is 0 Å². The van der Waals surface area contributed by atoms with Gasteiger partial charge >= 0.3 is 0 Å². The Balaban J connectivity index is 1.14. The fourth-order valence-electron chi connectivity index (χ4n) is 16.2. The van der Waals surface area contributed by atoms with E-state index in [2.05, 4.69) is 97.9 Å². The highest BCUT2D eigenvalue weighted by Crippen LogP contribution is 2.50. The molecule has 0 spiro atoms. The predicted molar refractivity (Wildman–Crippen MR) is 286 cm³/mol. The Labute approximate surface area is 438 Å². The first-order valence-corrected chi connectivity index (χ1v) is 31.1. The van der Waals surface area contributed by atoms with Gasteiger partial charge in [-0.15, -0.1) is 0 Å². The van der Waals surface area contributed by atoms with Crippen molar-refractivity contribution in [1.82, 2.24) is 42.5 Å². The summed E-state index contributed by atoms with van der Waals surface area (Å²) in [5.41, 5.74) is 0. The Morgan fingerprint density at radius 3 is 0.611 bits per heavy atom. The minimum atomic E-state index is 0.0112. The van der Waals surface area contributed by atoms with Crippen molar-refractivity contribution in [3.05, 3.63) is 0 Å². The Kier molecular flexibility index (Phi) is 21.3. The third kappa shape index (κ3) is 12.5. The minimum Gasteiger partial charge on any atom is -0.378 e. The van der Waals surface area contributed by atoms with Crippen LogP contribution in [0.3, 0.4) is 0 Å². The number of ether oxygens (including phenoxy) is 6. The second kappa shape index (κ2) is 27.3. The minimum absolute atomic E-state index is 0.0112. The SMILES string of the molecule is CCCCOC1CCC(C)C2C3NC(NC4NC(NC5NC(NC6NC(N3)C3C(OCCCC)CCC(OCCCC)C63)C3C(C)CCC(OCCCC)C53)C3C(OCCCC)CCC(OCCCC)C43)C12. The summed E-state index contributed by atoms with van der Waals surface area (Å²) in [6.45, 7) is 23.6. The van der Waals surface area contributed by atoms with Crippen LogP contribution in [-0.4, -0.2) is 126 Å². The molecule has 72 heavy (non-hydrogen) atoms. The second-order valence-corrected chi connectivity index (χ2v) is 24.6. The number of fused-ring (bicyclic) bond motifs is 20. The van der Waals surface area contributed by atoms with Crippen LogP contribution in [0.5, 0.6) is 0 Å². The van der Waals surface area contributed by atoms with E-state index < -0.39 is 0 Å². The van der Waals surface area contributed by atoms with Crippen LogP contribution in [0.25, 0.3) is 0 Å². The number of rotatable bonds is 24. The molecule has 0 aromatic carbocycles. The number of hydrogen-bond donors (Lipinski definition) is 8. The zero-order valence-corrected chi connectivity index (χ0v) is 46.7. The van der Waals surface area contributed by atoms with Gasteiger partial charge < -0.3 is 28.4 Å². The van der Waals surface area contributed by atoms with Gasteiger partial charge in [0.1, 0.15) is 0 Å². The van der Waals surface area contributed by atoms with Gasteiger partial charge in [-0.1, -0.05) is 93.9 Å². The third-order valence-corrected chi connectivity index (χ3v) is 19.9. The van der Waals surface area contributed by atoms with Gasteiger partial charge in [-0.05, 0) is 114 Å². The van der Waals surface area contributed by atoms with Gasteiger partial charge in [-0.25, -0.2) is 0 Å². The molecule has 24 atom stereocenters. The van der Waals surface area contributed by atoms with E-state index in [4.69, 9.17) is 28.4 Å². The molecule has 4 aliphatic carbocycles. The van der Waals surface area contributed by atoms with Gasteiger partial charge in [0, 0.05) is 75.1 Å². The van der Waals surface area contributed by atoms with Gasteiger partial charge in [-0.2, -0.15) is 0 Å². The fourth-order valence-corrected chi connectivity index (χ4v) is 16.2. The highest BCUT2D eigenvalue weighted by atomic mass is 16.5. The Morgan fingerprint density at radius 2 is 0.417 bits per heavy atom. The van der Waals surface area contributed by atoms with Crippen molar-refractivity contribution >= 4 is 0 Å². The van der Waals surface area contributed by atoms with Crippen LogP contribution in [0, 0.1) is 59.2 Å². The van der Waals surface area contributed by atoms with E-state index in [9.17, 15) is 0 Å². The molecule has 416 valence electrons.